The third-order valence-electron chi connectivity index (χ3n) is 6.16. The van der Waals surface area contributed by atoms with Crippen LogP contribution in [-0.2, 0) is 24.3 Å². The minimum Gasteiger partial charge on any atom is -0.352 e. The largest absolute Gasteiger partial charge is 0.352 e. The summed E-state index contributed by atoms with van der Waals surface area (Å²) in [5.41, 5.74) is 6.24. The van der Waals surface area contributed by atoms with Crippen LogP contribution in [0.4, 0.5) is 0 Å². The summed E-state index contributed by atoms with van der Waals surface area (Å²) in [5, 5.41) is 12.9. The van der Waals surface area contributed by atoms with E-state index >= 15 is 0 Å². The van der Waals surface area contributed by atoms with Gasteiger partial charge in [0.1, 0.15) is 0 Å². The van der Waals surface area contributed by atoms with E-state index in [0.717, 1.165) is 40.0 Å². The highest BCUT2D eigenvalue weighted by molar-refractivity contribution is 5.83. The van der Waals surface area contributed by atoms with Gasteiger partial charge in [0.25, 0.3) is 5.56 Å². The van der Waals surface area contributed by atoms with Gasteiger partial charge in [-0.15, -0.1) is 0 Å². The van der Waals surface area contributed by atoms with Gasteiger partial charge in [-0.3, -0.25) is 9.59 Å². The van der Waals surface area contributed by atoms with E-state index in [9.17, 15) is 9.59 Å². The monoisotopic (exact) mass is 457 g/mol. The van der Waals surface area contributed by atoms with Crippen molar-refractivity contribution in [1.29, 1.82) is 0 Å². The van der Waals surface area contributed by atoms with E-state index < -0.39 is 0 Å². The van der Waals surface area contributed by atoms with Gasteiger partial charge < -0.3 is 5.32 Å². The summed E-state index contributed by atoms with van der Waals surface area (Å²) >= 11 is 0. The summed E-state index contributed by atoms with van der Waals surface area (Å²) in [6.45, 7) is 8.86. The molecule has 2 heterocycles. The van der Waals surface area contributed by atoms with E-state index in [4.69, 9.17) is 0 Å². The van der Waals surface area contributed by atoms with Crippen LogP contribution >= 0.6 is 0 Å². The number of aryl methyl sites for hydroxylation is 5. The standard InChI is InChI=1S/C27H31N5O2/c1-5-21-10-12-22(13-11-21)17-28-24(33)7-6-16-31-27(34)26-25(19(3)29-31)20(4)32(30-26)23-14-8-18(2)9-15-23/h8-15H,5-7,16-17H2,1-4H3,(H,28,33). The molecule has 34 heavy (non-hydrogen) atoms. The van der Waals surface area contributed by atoms with Crippen molar-refractivity contribution in [3.05, 3.63) is 87.0 Å². The van der Waals surface area contributed by atoms with Crippen molar-refractivity contribution in [2.24, 2.45) is 0 Å². The normalized spacial score (nSPS) is 11.2. The number of nitrogens with zero attached hydrogens (tertiary/aromatic N) is 4. The van der Waals surface area contributed by atoms with Crippen LogP contribution in [0.2, 0.25) is 0 Å². The number of rotatable bonds is 8. The molecule has 0 radical (unpaired) electrons. The Hall–Kier alpha value is -3.74. The molecule has 0 fully saturated rings. The maximum absolute atomic E-state index is 13.1. The van der Waals surface area contributed by atoms with Crippen LogP contribution in [0.25, 0.3) is 16.6 Å². The highest BCUT2D eigenvalue weighted by Gasteiger charge is 2.17. The van der Waals surface area contributed by atoms with Gasteiger partial charge in [0.2, 0.25) is 5.91 Å². The molecular formula is C27H31N5O2. The van der Waals surface area contributed by atoms with Crippen LogP contribution < -0.4 is 10.9 Å². The third-order valence-corrected chi connectivity index (χ3v) is 6.16. The SMILES string of the molecule is CCc1ccc(CNC(=O)CCCn2nc(C)c3c(C)n(-c4ccc(C)cc4)nc3c2=O)cc1. The van der Waals surface area contributed by atoms with Crippen LogP contribution in [0, 0.1) is 20.8 Å². The molecule has 2 aromatic carbocycles. The van der Waals surface area contributed by atoms with E-state index in [2.05, 4.69) is 34.6 Å². The number of hydrogen-bond donors (Lipinski definition) is 1. The predicted octanol–water partition coefficient (Wildman–Crippen LogP) is 4.17. The lowest BCUT2D eigenvalue weighted by atomic mass is 10.1. The Kier molecular flexibility index (Phi) is 6.91. The van der Waals surface area contributed by atoms with Gasteiger partial charge >= 0.3 is 0 Å². The summed E-state index contributed by atoms with van der Waals surface area (Å²) < 4.78 is 3.23. The molecule has 0 aliphatic rings. The Morgan fingerprint density at radius 2 is 1.62 bits per heavy atom. The number of carbonyl (C=O) groups excluding carboxylic acids is 1. The van der Waals surface area contributed by atoms with E-state index in [-0.39, 0.29) is 11.5 Å². The van der Waals surface area contributed by atoms with Crippen molar-refractivity contribution >= 4 is 16.8 Å². The molecule has 0 atom stereocenters. The van der Waals surface area contributed by atoms with Crippen LogP contribution in [0.1, 0.15) is 47.8 Å². The lowest BCUT2D eigenvalue weighted by molar-refractivity contribution is -0.121. The lowest BCUT2D eigenvalue weighted by Gasteiger charge is -2.08. The molecule has 7 heteroatoms. The number of aromatic nitrogens is 4. The van der Waals surface area contributed by atoms with Gasteiger partial charge in [0.15, 0.2) is 5.52 Å². The summed E-state index contributed by atoms with van der Waals surface area (Å²) in [6.07, 6.45) is 1.85. The first-order valence-electron chi connectivity index (χ1n) is 11.8. The molecule has 0 aliphatic carbocycles. The summed E-state index contributed by atoms with van der Waals surface area (Å²) in [4.78, 5) is 25.4. The van der Waals surface area contributed by atoms with Crippen molar-refractivity contribution < 1.29 is 4.79 Å². The Balaban J connectivity index is 1.43. The summed E-state index contributed by atoms with van der Waals surface area (Å²) in [5.74, 6) is -0.0371. The molecule has 0 aliphatic heterocycles. The minimum absolute atomic E-state index is 0.0371. The second kappa shape index (κ2) is 10.0. The zero-order valence-corrected chi connectivity index (χ0v) is 20.3. The molecule has 7 nitrogen and oxygen atoms in total. The maximum atomic E-state index is 13.1. The van der Waals surface area contributed by atoms with Crippen LogP contribution in [0.3, 0.4) is 0 Å². The second-order valence-corrected chi connectivity index (χ2v) is 8.72. The number of fused-ring (bicyclic) bond motifs is 1. The van der Waals surface area contributed by atoms with Crippen molar-refractivity contribution in [3.63, 3.8) is 0 Å². The Morgan fingerprint density at radius 1 is 0.941 bits per heavy atom. The molecule has 176 valence electrons. The molecule has 4 rings (SSSR count). The van der Waals surface area contributed by atoms with Gasteiger partial charge in [0.05, 0.1) is 22.5 Å². The van der Waals surface area contributed by atoms with E-state index in [0.29, 0.717) is 31.4 Å². The molecule has 0 saturated heterocycles. The first-order valence-corrected chi connectivity index (χ1v) is 11.8. The van der Waals surface area contributed by atoms with Gasteiger partial charge in [-0.25, -0.2) is 9.36 Å². The van der Waals surface area contributed by atoms with Crippen molar-refractivity contribution in [3.8, 4) is 5.69 Å². The molecule has 0 unspecified atom stereocenters. The highest BCUT2D eigenvalue weighted by Crippen LogP contribution is 2.21. The van der Waals surface area contributed by atoms with E-state index in [1.807, 2.05) is 57.2 Å². The highest BCUT2D eigenvalue weighted by atomic mass is 16.1. The van der Waals surface area contributed by atoms with Gasteiger partial charge in [-0.2, -0.15) is 10.2 Å². The first kappa shape index (κ1) is 23.4. The van der Waals surface area contributed by atoms with Gasteiger partial charge in [-0.1, -0.05) is 48.9 Å². The molecule has 0 bridgehead atoms. The molecule has 0 spiro atoms. The first-order chi connectivity index (χ1) is 16.4. The van der Waals surface area contributed by atoms with Gasteiger partial charge in [0, 0.05) is 19.5 Å². The van der Waals surface area contributed by atoms with Crippen molar-refractivity contribution in [2.75, 3.05) is 0 Å². The topological polar surface area (TPSA) is 81.8 Å². The summed E-state index contributed by atoms with van der Waals surface area (Å²) in [7, 11) is 0. The van der Waals surface area contributed by atoms with Crippen molar-refractivity contribution in [1.82, 2.24) is 24.9 Å². The number of nitrogens with one attached hydrogen (secondary N) is 1. The number of amides is 1. The molecule has 4 aromatic rings. The van der Waals surface area contributed by atoms with Gasteiger partial charge in [-0.05, 0) is 56.9 Å². The average molecular weight is 458 g/mol. The molecule has 1 N–H and O–H groups in total. The fraction of sp³-hybridized carbons (Fsp3) is 0.333. The van der Waals surface area contributed by atoms with E-state index in [1.165, 1.54) is 10.2 Å². The predicted molar refractivity (Wildman–Crippen MR) is 134 cm³/mol. The fourth-order valence-electron chi connectivity index (χ4n) is 4.14. The lowest BCUT2D eigenvalue weighted by Crippen LogP contribution is -2.26. The quantitative estimate of drug-likeness (QED) is 0.431. The minimum atomic E-state index is -0.231. The smallest absolute Gasteiger partial charge is 0.295 e. The zero-order chi connectivity index (χ0) is 24.2. The van der Waals surface area contributed by atoms with Crippen LogP contribution in [-0.4, -0.2) is 25.5 Å². The van der Waals surface area contributed by atoms with Crippen LogP contribution in [0.15, 0.2) is 53.3 Å². The summed E-state index contributed by atoms with van der Waals surface area (Å²) in [6, 6.07) is 16.3. The third kappa shape index (κ3) is 4.93. The molecule has 1 amide bonds. The fourth-order valence-corrected chi connectivity index (χ4v) is 4.14. The average Bonchev–Trinajstić information content (AvgIpc) is 3.19. The number of hydrogen-bond acceptors (Lipinski definition) is 4. The molecular weight excluding hydrogens is 426 g/mol. The molecule has 2 aromatic heterocycles. The Labute approximate surface area is 199 Å². The Morgan fingerprint density at radius 3 is 2.29 bits per heavy atom. The zero-order valence-electron chi connectivity index (χ0n) is 20.3. The molecule has 0 saturated carbocycles. The second-order valence-electron chi connectivity index (χ2n) is 8.72. The van der Waals surface area contributed by atoms with Crippen molar-refractivity contribution in [2.45, 2.75) is 60.0 Å². The maximum Gasteiger partial charge on any atom is 0.295 e. The number of carbonyl (C=O) groups is 1. The van der Waals surface area contributed by atoms with E-state index in [1.54, 1.807) is 4.68 Å². The van der Waals surface area contributed by atoms with Crippen LogP contribution in [0.5, 0.6) is 0 Å². The number of benzene rings is 2. The Bertz CT molecular complexity index is 1370.